The van der Waals surface area contributed by atoms with Crippen LogP contribution in [0.25, 0.3) is 0 Å². The minimum absolute atomic E-state index is 0.200. The number of nitrogens with two attached hydrogens (primary N) is 1. The minimum atomic E-state index is -0.348. The lowest BCUT2D eigenvalue weighted by molar-refractivity contribution is -0.123. The normalized spacial score (nSPS) is 17.9. The number of carbonyl (C=O) groups excluding carboxylic acids is 2. The van der Waals surface area contributed by atoms with E-state index in [1.54, 1.807) is 17.0 Å². The fourth-order valence-corrected chi connectivity index (χ4v) is 2.58. The molecule has 120 valence electrons. The molecule has 0 aromatic heterocycles. The fourth-order valence-electron chi connectivity index (χ4n) is 2.39. The number of nitrogens with one attached hydrogen (secondary N) is 1. The average Bonchev–Trinajstić information content (AvgIpc) is 2.53. The second-order valence-corrected chi connectivity index (χ2v) is 5.61. The number of para-hydroxylation sites is 1. The van der Waals surface area contributed by atoms with E-state index in [9.17, 15) is 9.59 Å². The van der Waals surface area contributed by atoms with E-state index in [1.165, 1.54) is 0 Å². The molecule has 1 heterocycles. The molecule has 0 radical (unpaired) electrons. The molecule has 1 aromatic carbocycles. The van der Waals surface area contributed by atoms with Gasteiger partial charge in [-0.25, -0.2) is 4.79 Å². The van der Waals surface area contributed by atoms with Crippen molar-refractivity contribution < 1.29 is 14.3 Å². The molecule has 0 bridgehead atoms. The number of piperidine rings is 1. The van der Waals surface area contributed by atoms with Crippen molar-refractivity contribution in [2.24, 2.45) is 11.7 Å². The van der Waals surface area contributed by atoms with Gasteiger partial charge in [-0.2, -0.15) is 0 Å². The SMILES string of the molecule is NC(=O)[C@@H]1CCCN(C(=O)NCCOc2ccccc2Cl)C1. The van der Waals surface area contributed by atoms with Crippen LogP contribution in [0.5, 0.6) is 5.75 Å². The molecule has 7 heteroatoms. The maximum atomic E-state index is 12.0. The number of amides is 3. The number of ether oxygens (including phenoxy) is 1. The second-order valence-electron chi connectivity index (χ2n) is 5.20. The number of primary amides is 1. The van der Waals surface area contributed by atoms with Crippen LogP contribution in [0.1, 0.15) is 12.8 Å². The summed E-state index contributed by atoms with van der Waals surface area (Å²) in [5.74, 6) is -0.0105. The molecule has 0 spiro atoms. The van der Waals surface area contributed by atoms with Gasteiger partial charge in [0.2, 0.25) is 5.91 Å². The molecule has 2 rings (SSSR count). The molecule has 0 saturated carbocycles. The lowest BCUT2D eigenvalue weighted by Gasteiger charge is -2.31. The quantitative estimate of drug-likeness (QED) is 0.807. The molecular formula is C15H20ClN3O3. The van der Waals surface area contributed by atoms with Crippen molar-refractivity contribution in [3.8, 4) is 5.75 Å². The van der Waals surface area contributed by atoms with Crippen LogP contribution in [-0.4, -0.2) is 43.1 Å². The van der Waals surface area contributed by atoms with Crippen LogP contribution in [-0.2, 0) is 4.79 Å². The summed E-state index contributed by atoms with van der Waals surface area (Å²) < 4.78 is 5.49. The zero-order valence-corrected chi connectivity index (χ0v) is 13.0. The molecule has 1 saturated heterocycles. The van der Waals surface area contributed by atoms with E-state index in [2.05, 4.69) is 5.32 Å². The van der Waals surface area contributed by atoms with Crippen LogP contribution in [0.3, 0.4) is 0 Å². The van der Waals surface area contributed by atoms with E-state index < -0.39 is 0 Å². The predicted molar refractivity (Wildman–Crippen MR) is 83.8 cm³/mol. The lowest BCUT2D eigenvalue weighted by Crippen LogP contribution is -2.48. The molecule has 1 aliphatic rings. The van der Waals surface area contributed by atoms with Crippen molar-refractivity contribution in [3.63, 3.8) is 0 Å². The number of hydrogen-bond donors (Lipinski definition) is 2. The highest BCUT2D eigenvalue weighted by molar-refractivity contribution is 6.32. The van der Waals surface area contributed by atoms with Gasteiger partial charge in [-0.15, -0.1) is 0 Å². The summed E-state index contributed by atoms with van der Waals surface area (Å²) in [5, 5.41) is 3.30. The van der Waals surface area contributed by atoms with Crippen LogP contribution in [0.4, 0.5) is 4.79 Å². The molecule has 3 amide bonds. The van der Waals surface area contributed by atoms with Gasteiger partial charge in [-0.05, 0) is 25.0 Å². The molecule has 3 N–H and O–H groups in total. The van der Waals surface area contributed by atoms with E-state index in [-0.39, 0.29) is 17.9 Å². The summed E-state index contributed by atoms with van der Waals surface area (Å²) in [6.07, 6.45) is 1.53. The number of nitrogens with zero attached hydrogens (tertiary/aromatic N) is 1. The molecule has 22 heavy (non-hydrogen) atoms. The summed E-state index contributed by atoms with van der Waals surface area (Å²) in [5.41, 5.74) is 5.30. The van der Waals surface area contributed by atoms with E-state index >= 15 is 0 Å². The molecule has 1 atom stereocenters. The molecule has 1 aliphatic heterocycles. The first-order chi connectivity index (χ1) is 10.6. The smallest absolute Gasteiger partial charge is 0.317 e. The maximum Gasteiger partial charge on any atom is 0.317 e. The summed E-state index contributed by atoms with van der Waals surface area (Å²) in [6, 6.07) is 6.97. The Morgan fingerprint density at radius 3 is 2.91 bits per heavy atom. The van der Waals surface area contributed by atoms with Gasteiger partial charge < -0.3 is 20.7 Å². The number of benzene rings is 1. The van der Waals surface area contributed by atoms with Gasteiger partial charge in [0.1, 0.15) is 12.4 Å². The Morgan fingerprint density at radius 2 is 2.18 bits per heavy atom. The topological polar surface area (TPSA) is 84.7 Å². The molecule has 0 aliphatic carbocycles. The highest BCUT2D eigenvalue weighted by atomic mass is 35.5. The van der Waals surface area contributed by atoms with Crippen LogP contribution < -0.4 is 15.8 Å². The van der Waals surface area contributed by atoms with Crippen molar-refractivity contribution in [3.05, 3.63) is 29.3 Å². The highest BCUT2D eigenvalue weighted by Crippen LogP contribution is 2.22. The van der Waals surface area contributed by atoms with Crippen LogP contribution in [0.2, 0.25) is 5.02 Å². The highest BCUT2D eigenvalue weighted by Gasteiger charge is 2.26. The summed E-state index contributed by atoms with van der Waals surface area (Å²) in [7, 11) is 0. The van der Waals surface area contributed by atoms with Gasteiger partial charge in [0, 0.05) is 13.1 Å². The summed E-state index contributed by atoms with van der Waals surface area (Å²) in [6.45, 7) is 1.71. The molecule has 1 aromatic rings. The number of likely N-dealkylation sites (tertiary alicyclic amines) is 1. The third-order valence-electron chi connectivity index (χ3n) is 3.58. The Morgan fingerprint density at radius 1 is 1.41 bits per heavy atom. The zero-order chi connectivity index (χ0) is 15.9. The third-order valence-corrected chi connectivity index (χ3v) is 3.90. The Labute approximate surface area is 134 Å². The standard InChI is InChI=1S/C15H20ClN3O3/c16-12-5-1-2-6-13(12)22-9-7-18-15(21)19-8-3-4-11(10-19)14(17)20/h1-2,5-6,11H,3-4,7-10H2,(H2,17,20)(H,18,21)/t11-/m1/s1. The fraction of sp³-hybridized carbons (Fsp3) is 0.467. The monoisotopic (exact) mass is 325 g/mol. The number of urea groups is 1. The number of carbonyl (C=O) groups is 2. The Balaban J connectivity index is 1.71. The number of halogens is 1. The van der Waals surface area contributed by atoms with Crippen molar-refractivity contribution in [1.29, 1.82) is 0 Å². The van der Waals surface area contributed by atoms with Crippen LogP contribution in [0, 0.1) is 5.92 Å². The Hall–Kier alpha value is -1.95. The van der Waals surface area contributed by atoms with E-state index in [4.69, 9.17) is 22.1 Å². The number of hydrogen-bond acceptors (Lipinski definition) is 3. The first-order valence-electron chi connectivity index (χ1n) is 7.27. The van der Waals surface area contributed by atoms with Gasteiger partial charge in [-0.3, -0.25) is 4.79 Å². The largest absolute Gasteiger partial charge is 0.490 e. The Bertz CT molecular complexity index is 539. The van der Waals surface area contributed by atoms with Crippen molar-refractivity contribution in [2.45, 2.75) is 12.8 Å². The molecule has 6 nitrogen and oxygen atoms in total. The second kappa shape index (κ2) is 7.89. The zero-order valence-electron chi connectivity index (χ0n) is 12.3. The van der Waals surface area contributed by atoms with Gasteiger partial charge in [0.05, 0.1) is 17.5 Å². The molecule has 0 unspecified atom stereocenters. The van der Waals surface area contributed by atoms with Crippen LogP contribution >= 0.6 is 11.6 Å². The van der Waals surface area contributed by atoms with Gasteiger partial charge in [0.15, 0.2) is 0 Å². The van der Waals surface area contributed by atoms with E-state index in [1.807, 2.05) is 12.1 Å². The minimum Gasteiger partial charge on any atom is -0.490 e. The average molecular weight is 326 g/mol. The van der Waals surface area contributed by atoms with Gasteiger partial charge in [-0.1, -0.05) is 23.7 Å². The Kier molecular flexibility index (Phi) is 5.89. The first kappa shape index (κ1) is 16.4. The van der Waals surface area contributed by atoms with E-state index in [0.717, 1.165) is 12.8 Å². The molecule has 1 fully saturated rings. The van der Waals surface area contributed by atoms with E-state index in [0.29, 0.717) is 37.0 Å². The lowest BCUT2D eigenvalue weighted by atomic mass is 9.98. The number of rotatable bonds is 5. The van der Waals surface area contributed by atoms with Crippen molar-refractivity contribution in [1.82, 2.24) is 10.2 Å². The maximum absolute atomic E-state index is 12.0. The van der Waals surface area contributed by atoms with Crippen LogP contribution in [0.15, 0.2) is 24.3 Å². The molecular weight excluding hydrogens is 306 g/mol. The van der Waals surface area contributed by atoms with Gasteiger partial charge in [0.25, 0.3) is 0 Å². The van der Waals surface area contributed by atoms with Crippen molar-refractivity contribution in [2.75, 3.05) is 26.2 Å². The predicted octanol–water partition coefficient (Wildman–Crippen LogP) is 1.63. The van der Waals surface area contributed by atoms with Crippen molar-refractivity contribution >= 4 is 23.5 Å². The first-order valence-corrected chi connectivity index (χ1v) is 7.65. The van der Waals surface area contributed by atoms with Gasteiger partial charge >= 0.3 is 6.03 Å². The summed E-state index contributed by atoms with van der Waals surface area (Å²) in [4.78, 5) is 24.8. The third kappa shape index (κ3) is 4.53. The summed E-state index contributed by atoms with van der Waals surface area (Å²) >= 11 is 5.97.